The highest BCUT2D eigenvalue weighted by molar-refractivity contribution is 7.99. The molecule has 1 atom stereocenters. The van der Waals surface area contributed by atoms with Gasteiger partial charge in [0.05, 0.1) is 24.5 Å². The lowest BCUT2D eigenvalue weighted by atomic mass is 10.0. The molecule has 0 aliphatic carbocycles. The van der Waals surface area contributed by atoms with Crippen LogP contribution < -0.4 is 15.2 Å². The van der Waals surface area contributed by atoms with Crippen molar-refractivity contribution in [2.45, 2.75) is 16.9 Å². The molecule has 0 amide bonds. The van der Waals surface area contributed by atoms with Gasteiger partial charge in [-0.1, -0.05) is 6.07 Å². The zero-order valence-corrected chi connectivity index (χ0v) is 18.0. The van der Waals surface area contributed by atoms with E-state index in [0.717, 1.165) is 39.7 Å². The molecule has 0 radical (unpaired) electrons. The largest absolute Gasteiger partial charge is 0.490 e. The van der Waals surface area contributed by atoms with Gasteiger partial charge in [0.2, 0.25) is 0 Å². The average molecular weight is 427 g/mol. The van der Waals surface area contributed by atoms with E-state index in [-0.39, 0.29) is 5.54 Å². The number of benzene rings is 1. The molecule has 1 fully saturated rings. The Morgan fingerprint density at radius 3 is 2.97 bits per heavy atom. The standard InChI is InChI=1S/C21H22N4O2S2/c1-26-20-5-3-4-19-24-11-16(25(19)20)14-8-17(15(10-22)18(9-14)28-2)27-12-21(23)6-7-29-13-21/h3-5,8-9,11H,6-7,12-13,23H2,1-2H3/t21-/m1/s1. The summed E-state index contributed by atoms with van der Waals surface area (Å²) >= 11 is 3.36. The lowest BCUT2D eigenvalue weighted by Gasteiger charge is -2.23. The Hall–Kier alpha value is -2.34. The number of thioether (sulfide) groups is 2. The Bertz CT molecular complexity index is 1080. The molecule has 150 valence electrons. The highest BCUT2D eigenvalue weighted by Crippen LogP contribution is 2.37. The van der Waals surface area contributed by atoms with Crippen molar-refractivity contribution in [2.75, 3.05) is 31.5 Å². The van der Waals surface area contributed by atoms with Gasteiger partial charge in [0.25, 0.3) is 0 Å². The first-order chi connectivity index (χ1) is 14.1. The molecule has 6 nitrogen and oxygen atoms in total. The molecule has 29 heavy (non-hydrogen) atoms. The van der Waals surface area contributed by atoms with Crippen molar-refractivity contribution in [1.29, 1.82) is 5.26 Å². The molecule has 1 saturated heterocycles. The predicted octanol–water partition coefficient (Wildman–Crippen LogP) is 3.82. The fraction of sp³-hybridized carbons (Fsp3) is 0.333. The molecule has 3 aromatic rings. The highest BCUT2D eigenvalue weighted by atomic mass is 32.2. The van der Waals surface area contributed by atoms with Gasteiger partial charge in [0, 0.05) is 16.2 Å². The minimum atomic E-state index is -0.348. The Morgan fingerprint density at radius 1 is 1.41 bits per heavy atom. The van der Waals surface area contributed by atoms with Crippen molar-refractivity contribution in [2.24, 2.45) is 5.73 Å². The number of nitriles is 1. The van der Waals surface area contributed by atoms with E-state index in [1.165, 1.54) is 11.8 Å². The summed E-state index contributed by atoms with van der Waals surface area (Å²) in [6.07, 6.45) is 4.68. The monoisotopic (exact) mass is 426 g/mol. The van der Waals surface area contributed by atoms with E-state index in [9.17, 15) is 5.26 Å². The van der Waals surface area contributed by atoms with E-state index in [1.54, 1.807) is 7.11 Å². The van der Waals surface area contributed by atoms with E-state index in [2.05, 4.69) is 11.1 Å². The molecular formula is C21H22N4O2S2. The zero-order chi connectivity index (χ0) is 20.4. The minimum Gasteiger partial charge on any atom is -0.490 e. The van der Waals surface area contributed by atoms with Crippen LogP contribution in [0.1, 0.15) is 12.0 Å². The number of aromatic nitrogens is 2. The summed E-state index contributed by atoms with van der Waals surface area (Å²) in [5.41, 5.74) is 9.22. The van der Waals surface area contributed by atoms with Crippen molar-refractivity contribution >= 4 is 29.2 Å². The molecule has 1 aliphatic heterocycles. The predicted molar refractivity (Wildman–Crippen MR) is 118 cm³/mol. The van der Waals surface area contributed by atoms with Crippen molar-refractivity contribution in [3.8, 4) is 29.0 Å². The summed E-state index contributed by atoms with van der Waals surface area (Å²) in [6, 6.07) is 11.9. The highest BCUT2D eigenvalue weighted by Gasteiger charge is 2.31. The van der Waals surface area contributed by atoms with Crippen LogP contribution in [0.25, 0.3) is 16.9 Å². The molecule has 0 bridgehead atoms. The maximum Gasteiger partial charge on any atom is 0.199 e. The third-order valence-corrected chi connectivity index (χ3v) is 7.08. The summed E-state index contributed by atoms with van der Waals surface area (Å²) in [5.74, 6) is 3.16. The van der Waals surface area contributed by atoms with Crippen LogP contribution >= 0.6 is 23.5 Å². The summed E-state index contributed by atoms with van der Waals surface area (Å²) in [4.78, 5) is 5.36. The number of nitrogens with two attached hydrogens (primary N) is 1. The second kappa shape index (κ2) is 8.19. The number of ether oxygens (including phenoxy) is 2. The van der Waals surface area contributed by atoms with Crippen LogP contribution in [0.2, 0.25) is 0 Å². The Kier molecular flexibility index (Phi) is 5.63. The maximum absolute atomic E-state index is 9.75. The fourth-order valence-corrected chi connectivity index (χ4v) is 5.38. The van der Waals surface area contributed by atoms with Crippen LogP contribution in [-0.4, -0.2) is 46.4 Å². The van der Waals surface area contributed by atoms with Gasteiger partial charge in [0.15, 0.2) is 5.88 Å². The Labute approximate surface area is 178 Å². The number of hydrogen-bond donors (Lipinski definition) is 1. The number of imidazole rings is 1. The van der Waals surface area contributed by atoms with Crippen molar-refractivity contribution < 1.29 is 9.47 Å². The summed E-state index contributed by atoms with van der Waals surface area (Å²) < 4.78 is 13.6. The number of pyridine rings is 1. The number of methoxy groups -OCH3 is 1. The van der Waals surface area contributed by atoms with E-state index in [1.807, 2.05) is 58.9 Å². The molecule has 8 heteroatoms. The average Bonchev–Trinajstić information content (AvgIpc) is 3.38. The molecule has 2 N–H and O–H groups in total. The summed E-state index contributed by atoms with van der Waals surface area (Å²) in [6.45, 7) is 0.391. The molecule has 3 heterocycles. The van der Waals surface area contributed by atoms with Crippen LogP contribution in [0, 0.1) is 11.3 Å². The first kappa shape index (κ1) is 20.0. The third kappa shape index (κ3) is 3.78. The van der Waals surface area contributed by atoms with Gasteiger partial charge in [-0.05, 0) is 42.7 Å². The quantitative estimate of drug-likeness (QED) is 0.600. The van der Waals surface area contributed by atoms with Crippen molar-refractivity contribution in [3.05, 3.63) is 42.1 Å². The van der Waals surface area contributed by atoms with Crippen LogP contribution in [0.4, 0.5) is 0 Å². The lowest BCUT2D eigenvalue weighted by molar-refractivity contribution is 0.233. The SMILES string of the molecule is COc1cccc2ncc(-c3cc(OC[C@]4(N)CCSC4)c(C#N)c(SC)c3)n12. The zero-order valence-electron chi connectivity index (χ0n) is 16.3. The summed E-state index contributed by atoms with van der Waals surface area (Å²) in [5, 5.41) is 9.75. The number of nitrogens with zero attached hydrogens (tertiary/aromatic N) is 3. The van der Waals surface area contributed by atoms with Crippen LogP contribution in [-0.2, 0) is 0 Å². The van der Waals surface area contributed by atoms with Gasteiger partial charge < -0.3 is 15.2 Å². The normalized spacial score (nSPS) is 18.7. The second-order valence-corrected chi connectivity index (χ2v) is 8.98. The van der Waals surface area contributed by atoms with Gasteiger partial charge in [0.1, 0.15) is 29.6 Å². The van der Waals surface area contributed by atoms with Crippen LogP contribution in [0.5, 0.6) is 11.6 Å². The molecule has 1 aliphatic rings. The van der Waals surface area contributed by atoms with Crippen molar-refractivity contribution in [3.63, 3.8) is 0 Å². The van der Waals surface area contributed by atoms with Gasteiger partial charge >= 0.3 is 0 Å². The lowest BCUT2D eigenvalue weighted by Crippen LogP contribution is -2.45. The Balaban J connectivity index is 1.80. The first-order valence-corrected chi connectivity index (χ1v) is 11.6. The molecule has 2 aromatic heterocycles. The first-order valence-electron chi connectivity index (χ1n) is 9.21. The van der Waals surface area contributed by atoms with Crippen molar-refractivity contribution in [1.82, 2.24) is 9.38 Å². The van der Waals surface area contributed by atoms with E-state index in [4.69, 9.17) is 15.2 Å². The second-order valence-electron chi connectivity index (χ2n) is 7.02. The summed E-state index contributed by atoms with van der Waals surface area (Å²) in [7, 11) is 1.64. The van der Waals surface area contributed by atoms with E-state index >= 15 is 0 Å². The minimum absolute atomic E-state index is 0.348. The molecular weight excluding hydrogens is 404 g/mol. The third-order valence-electron chi connectivity index (χ3n) is 5.05. The molecule has 0 unspecified atom stereocenters. The number of hydrogen-bond acceptors (Lipinski definition) is 7. The van der Waals surface area contributed by atoms with Gasteiger partial charge in [-0.2, -0.15) is 17.0 Å². The smallest absolute Gasteiger partial charge is 0.199 e. The molecule has 0 saturated carbocycles. The topological polar surface area (TPSA) is 85.6 Å². The molecule has 0 spiro atoms. The van der Waals surface area contributed by atoms with Gasteiger partial charge in [-0.3, -0.25) is 4.40 Å². The fourth-order valence-electron chi connectivity index (χ4n) is 3.45. The Morgan fingerprint density at radius 2 is 2.28 bits per heavy atom. The van der Waals surface area contributed by atoms with E-state index in [0.29, 0.717) is 23.8 Å². The number of fused-ring (bicyclic) bond motifs is 1. The van der Waals surface area contributed by atoms with Gasteiger partial charge in [-0.25, -0.2) is 4.98 Å². The molecule has 4 rings (SSSR count). The maximum atomic E-state index is 9.75. The van der Waals surface area contributed by atoms with Crippen LogP contribution in [0.15, 0.2) is 41.4 Å². The van der Waals surface area contributed by atoms with Gasteiger partial charge in [-0.15, -0.1) is 11.8 Å². The van der Waals surface area contributed by atoms with E-state index < -0.39 is 0 Å². The number of rotatable bonds is 6. The molecule has 1 aromatic carbocycles. The van der Waals surface area contributed by atoms with Crippen LogP contribution in [0.3, 0.4) is 0 Å².